The summed E-state index contributed by atoms with van der Waals surface area (Å²) in [5.74, 6) is 0.797. The Balaban J connectivity index is 0.000000983. The lowest BCUT2D eigenvalue weighted by Crippen LogP contribution is -2.44. The molecule has 2 aromatic carbocycles. The third kappa shape index (κ3) is 8.25. The van der Waals surface area contributed by atoms with Gasteiger partial charge in [0.05, 0.1) is 15.6 Å². The van der Waals surface area contributed by atoms with Crippen LogP contribution in [-0.2, 0) is 4.79 Å². The van der Waals surface area contributed by atoms with Crippen LogP contribution in [0.3, 0.4) is 0 Å². The van der Waals surface area contributed by atoms with E-state index in [-0.39, 0.29) is 11.8 Å². The fourth-order valence-corrected chi connectivity index (χ4v) is 5.98. The van der Waals surface area contributed by atoms with Crippen LogP contribution in [0, 0.1) is 11.8 Å². The summed E-state index contributed by atoms with van der Waals surface area (Å²) >= 11 is 12.9. The molecule has 2 aliphatic rings. The zero-order valence-electron chi connectivity index (χ0n) is 22.0. The normalized spacial score (nSPS) is 17.5. The van der Waals surface area contributed by atoms with Gasteiger partial charge in [-0.05, 0) is 55.2 Å². The quantitative estimate of drug-likeness (QED) is 0.461. The Labute approximate surface area is 237 Å². The second-order valence-corrected chi connectivity index (χ2v) is 10.8. The number of aliphatic hydroxyl groups is 1. The summed E-state index contributed by atoms with van der Waals surface area (Å²) in [5, 5.41) is 11.2. The summed E-state index contributed by atoms with van der Waals surface area (Å²) < 4.78 is 29.0. The Morgan fingerprint density at radius 1 is 0.897 bits per heavy atom. The number of likely N-dealkylation sites (tertiary alicyclic amines) is 1. The van der Waals surface area contributed by atoms with Gasteiger partial charge in [0.15, 0.2) is 6.10 Å². The lowest BCUT2D eigenvalue weighted by molar-refractivity contribution is -0.142. The smallest absolute Gasteiger partial charge is 0.378 e. The average Bonchev–Trinajstić information content (AvgIpc) is 2.92. The van der Waals surface area contributed by atoms with E-state index in [1.54, 1.807) is 26.2 Å². The Morgan fingerprint density at radius 2 is 1.36 bits per heavy atom. The first-order chi connectivity index (χ1) is 18.5. The highest BCUT2D eigenvalue weighted by atomic mass is 35.5. The van der Waals surface area contributed by atoms with Crippen LogP contribution in [0.2, 0.25) is 10.0 Å². The fourth-order valence-electron chi connectivity index (χ4n) is 5.34. The van der Waals surface area contributed by atoms with Gasteiger partial charge in [-0.15, -0.1) is 0 Å². The minimum atomic E-state index is -3.67. The Kier molecular flexibility index (Phi) is 11.3. The Bertz CT molecular complexity index is 1080. The summed E-state index contributed by atoms with van der Waals surface area (Å²) in [6, 6.07) is 12.8. The van der Waals surface area contributed by atoms with Crippen molar-refractivity contribution >= 4 is 40.7 Å². The lowest BCUT2D eigenvalue weighted by atomic mass is 9.78. The van der Waals surface area contributed by atoms with Crippen molar-refractivity contribution in [2.45, 2.75) is 38.5 Å². The van der Waals surface area contributed by atoms with E-state index >= 15 is 0 Å². The van der Waals surface area contributed by atoms with Gasteiger partial charge in [0, 0.05) is 46.0 Å². The van der Waals surface area contributed by atoms with E-state index < -0.39 is 12.8 Å². The molecule has 0 aliphatic carbocycles. The number of piperidine rings is 2. The van der Waals surface area contributed by atoms with Crippen molar-refractivity contribution in [1.29, 1.82) is 0 Å². The molecule has 11 heteroatoms. The summed E-state index contributed by atoms with van der Waals surface area (Å²) in [7, 11) is 3.36. The van der Waals surface area contributed by atoms with E-state index in [0.717, 1.165) is 44.5 Å². The predicted molar refractivity (Wildman–Crippen MR) is 147 cm³/mol. The van der Waals surface area contributed by atoms with Gasteiger partial charge < -0.3 is 19.8 Å². The van der Waals surface area contributed by atoms with Gasteiger partial charge in [-0.3, -0.25) is 9.59 Å². The third-order valence-electron chi connectivity index (χ3n) is 7.42. The molecule has 0 saturated carbocycles. The molecule has 0 bridgehead atoms. The van der Waals surface area contributed by atoms with Crippen LogP contribution < -0.4 is 4.90 Å². The first-order valence-electron chi connectivity index (χ1n) is 12.9. The minimum absolute atomic E-state index is 0.200. The monoisotopic (exact) mass is 587 g/mol. The van der Waals surface area contributed by atoms with Crippen molar-refractivity contribution < 1.29 is 27.9 Å². The van der Waals surface area contributed by atoms with Crippen molar-refractivity contribution in [1.82, 2.24) is 9.80 Å². The molecule has 0 radical (unpaired) electrons. The third-order valence-corrected chi connectivity index (χ3v) is 8.02. The number of carbonyl (C=O) groups excluding carboxylic acids is 2. The van der Waals surface area contributed by atoms with Crippen molar-refractivity contribution in [3.05, 3.63) is 63.6 Å². The number of carbonyl (C=O) groups is 2. The number of amides is 2. The van der Waals surface area contributed by atoms with Gasteiger partial charge in [0.25, 0.3) is 11.8 Å². The van der Waals surface area contributed by atoms with Crippen LogP contribution in [0.25, 0.3) is 0 Å². The molecule has 214 valence electrons. The molecule has 1 atom stereocenters. The fraction of sp³-hybridized carbons (Fsp3) is 0.500. The number of hydrogen-bond donors (Lipinski definition) is 1. The van der Waals surface area contributed by atoms with Crippen molar-refractivity contribution in [2.24, 2.45) is 11.8 Å². The van der Waals surface area contributed by atoms with Crippen LogP contribution in [0.5, 0.6) is 0 Å². The molecule has 39 heavy (non-hydrogen) atoms. The molecule has 2 aromatic rings. The number of alkyl halides is 3. The van der Waals surface area contributed by atoms with E-state index in [1.165, 1.54) is 4.90 Å². The molecule has 4 rings (SSSR count). The van der Waals surface area contributed by atoms with Gasteiger partial charge >= 0.3 is 6.68 Å². The first kappa shape index (κ1) is 31.0. The number of nitrogens with zero attached hydrogens (tertiary/aromatic N) is 3. The highest BCUT2D eigenvalue weighted by Gasteiger charge is 2.33. The molecule has 2 heterocycles. The van der Waals surface area contributed by atoms with Crippen LogP contribution in [0.4, 0.5) is 18.9 Å². The van der Waals surface area contributed by atoms with Crippen LogP contribution in [-0.4, -0.2) is 73.7 Å². The van der Waals surface area contributed by atoms with Crippen molar-refractivity contribution in [2.75, 3.05) is 45.2 Å². The second kappa shape index (κ2) is 14.2. The Hall–Kier alpha value is -2.49. The highest BCUT2D eigenvalue weighted by Crippen LogP contribution is 2.37. The van der Waals surface area contributed by atoms with Gasteiger partial charge in [-0.25, -0.2) is 0 Å². The molecular weight excluding hydrogens is 554 g/mol. The maximum Gasteiger partial charge on any atom is 0.379 e. The van der Waals surface area contributed by atoms with E-state index in [9.17, 15) is 27.9 Å². The van der Waals surface area contributed by atoms with E-state index in [0.29, 0.717) is 46.1 Å². The molecule has 2 fully saturated rings. The number of hydrogen-bond acceptors (Lipinski definition) is 4. The van der Waals surface area contributed by atoms with Gasteiger partial charge in [-0.1, -0.05) is 53.5 Å². The Morgan fingerprint density at radius 3 is 1.82 bits per heavy atom. The number of aliphatic hydroxyl groups excluding tert-OH is 1. The lowest BCUT2D eigenvalue weighted by Gasteiger charge is -2.41. The summed E-state index contributed by atoms with van der Waals surface area (Å²) in [6.45, 7) is -0.464. The number of anilines is 1. The van der Waals surface area contributed by atoms with Crippen LogP contribution >= 0.6 is 23.2 Å². The molecule has 0 aromatic heterocycles. The zero-order chi connectivity index (χ0) is 28.7. The maximum atomic E-state index is 12.8. The predicted octanol–water partition coefficient (Wildman–Crippen LogP) is 6.06. The minimum Gasteiger partial charge on any atom is -0.378 e. The summed E-state index contributed by atoms with van der Waals surface area (Å²) in [5.41, 5.74) is 1.94. The number of benzene rings is 2. The van der Waals surface area contributed by atoms with Crippen LogP contribution in [0.15, 0.2) is 42.5 Å². The standard InChI is InChI=1S/C27H33Cl2N3O3.CHF3/c1-30(2)26(34)24-22(28)16-21(17-23(24)29)31-12-8-18(9-13-31)19-10-14-32(15-11-19)27(35)25(33)20-6-4-3-5-7-20;2-1(3)4/h3-7,16-19,25,33H,8-15H2,1-2H3;1H. The molecule has 0 spiro atoms. The number of halogens is 5. The molecule has 2 saturated heterocycles. The van der Waals surface area contributed by atoms with Crippen LogP contribution in [0.1, 0.15) is 47.7 Å². The first-order valence-corrected chi connectivity index (χ1v) is 13.6. The maximum absolute atomic E-state index is 12.8. The highest BCUT2D eigenvalue weighted by molar-refractivity contribution is 6.40. The van der Waals surface area contributed by atoms with Gasteiger partial charge in [0.1, 0.15) is 0 Å². The molecule has 1 unspecified atom stereocenters. The number of rotatable bonds is 5. The van der Waals surface area contributed by atoms with Crippen molar-refractivity contribution in [3.63, 3.8) is 0 Å². The molecular formula is C28H34Cl2F3N3O3. The zero-order valence-corrected chi connectivity index (χ0v) is 23.5. The average molecular weight is 588 g/mol. The molecule has 1 N–H and O–H groups in total. The van der Waals surface area contributed by atoms with E-state index in [1.807, 2.05) is 35.2 Å². The van der Waals surface area contributed by atoms with Gasteiger partial charge in [-0.2, -0.15) is 13.2 Å². The largest absolute Gasteiger partial charge is 0.379 e. The van der Waals surface area contributed by atoms with Crippen molar-refractivity contribution in [3.8, 4) is 0 Å². The van der Waals surface area contributed by atoms with E-state index in [2.05, 4.69) is 4.90 Å². The molecule has 6 nitrogen and oxygen atoms in total. The molecule has 2 amide bonds. The SMILES string of the molecule is CN(C)C(=O)c1c(Cl)cc(N2CCC(C3CCN(C(=O)C(O)c4ccccc4)CC3)CC2)cc1Cl.FC(F)F. The summed E-state index contributed by atoms with van der Waals surface area (Å²) in [6.07, 6.45) is 2.99. The summed E-state index contributed by atoms with van der Waals surface area (Å²) in [4.78, 5) is 30.7. The molecule has 2 aliphatic heterocycles. The van der Waals surface area contributed by atoms with Gasteiger partial charge in [0.2, 0.25) is 0 Å². The topological polar surface area (TPSA) is 64.1 Å². The van der Waals surface area contributed by atoms with E-state index in [4.69, 9.17) is 23.2 Å². The second-order valence-electron chi connectivity index (χ2n) is 10.0.